The van der Waals surface area contributed by atoms with Crippen LogP contribution >= 0.6 is 0 Å². The number of para-hydroxylation sites is 2. The lowest BCUT2D eigenvalue weighted by molar-refractivity contribution is 0.114. The third kappa shape index (κ3) is 2.71. The molecule has 0 aliphatic carbocycles. The molecule has 0 radical (unpaired) electrons. The lowest BCUT2D eigenvalue weighted by atomic mass is 9.83. The Hall–Kier alpha value is -1.84. The minimum Gasteiger partial charge on any atom is -0.457 e. The van der Waals surface area contributed by atoms with E-state index in [1.807, 2.05) is 48.5 Å². The fourth-order valence-corrected chi connectivity index (χ4v) is 12.6. The van der Waals surface area contributed by atoms with Crippen LogP contribution in [-0.2, 0) is 5.60 Å². The van der Waals surface area contributed by atoms with Gasteiger partial charge in [0.05, 0.1) is 8.07 Å². The SMILES string of the molecule is C=C(C1(O)c2ccccc2Oc2ccccc21)[Si](C(C)C)(C(C)C)C(C)C. The summed E-state index contributed by atoms with van der Waals surface area (Å²) in [5, 5.41) is 13.4. The van der Waals surface area contributed by atoms with E-state index in [4.69, 9.17) is 4.74 Å². The molecule has 1 heterocycles. The summed E-state index contributed by atoms with van der Waals surface area (Å²) < 4.78 is 6.13. The van der Waals surface area contributed by atoms with Gasteiger partial charge in [0.1, 0.15) is 17.1 Å². The average Bonchev–Trinajstić information content (AvgIpc) is 2.61. The summed E-state index contributed by atoms with van der Waals surface area (Å²) in [6.07, 6.45) is 0. The fourth-order valence-electron chi connectivity index (χ4n) is 5.66. The van der Waals surface area contributed by atoms with Crippen LogP contribution in [0.3, 0.4) is 0 Å². The van der Waals surface area contributed by atoms with Gasteiger partial charge in [0, 0.05) is 11.1 Å². The minimum atomic E-state index is -2.13. The lowest BCUT2D eigenvalue weighted by Crippen LogP contribution is -2.54. The van der Waals surface area contributed by atoms with Crippen molar-refractivity contribution in [3.8, 4) is 11.5 Å². The lowest BCUT2D eigenvalue weighted by Gasteiger charge is -2.51. The smallest absolute Gasteiger partial charge is 0.140 e. The van der Waals surface area contributed by atoms with E-state index in [2.05, 4.69) is 48.1 Å². The topological polar surface area (TPSA) is 29.5 Å². The van der Waals surface area contributed by atoms with E-state index in [0.717, 1.165) is 27.8 Å². The molecule has 0 saturated heterocycles. The number of rotatable bonds is 5. The number of benzene rings is 2. The summed E-state index contributed by atoms with van der Waals surface area (Å²) >= 11 is 0. The molecule has 3 heteroatoms. The molecule has 1 aliphatic heterocycles. The van der Waals surface area contributed by atoms with Crippen molar-refractivity contribution in [1.82, 2.24) is 0 Å². The second kappa shape index (κ2) is 6.96. The van der Waals surface area contributed by atoms with Crippen LogP contribution in [0.1, 0.15) is 52.7 Å². The van der Waals surface area contributed by atoms with E-state index in [1.54, 1.807) is 0 Å². The molecule has 0 saturated carbocycles. The van der Waals surface area contributed by atoms with E-state index >= 15 is 0 Å². The standard InChI is InChI=1S/C24H32O2Si/c1-16(2)27(17(3)4,18(5)6)19(7)24(25)20-12-8-10-14-22(20)26-23-15-11-9-13-21(23)24/h8-18,25H,7H2,1-6H3. The van der Waals surface area contributed by atoms with Gasteiger partial charge in [0.25, 0.3) is 0 Å². The van der Waals surface area contributed by atoms with Crippen molar-refractivity contribution in [2.24, 2.45) is 0 Å². The van der Waals surface area contributed by atoms with Gasteiger partial charge in [-0.1, -0.05) is 77.9 Å². The molecule has 2 nitrogen and oxygen atoms in total. The van der Waals surface area contributed by atoms with E-state index < -0.39 is 13.7 Å². The first-order valence-corrected chi connectivity index (χ1v) is 12.2. The molecule has 144 valence electrons. The van der Waals surface area contributed by atoms with Crippen molar-refractivity contribution >= 4 is 8.07 Å². The van der Waals surface area contributed by atoms with E-state index in [0.29, 0.717) is 16.6 Å². The van der Waals surface area contributed by atoms with Crippen LogP contribution in [0, 0.1) is 0 Å². The maximum Gasteiger partial charge on any atom is 0.140 e. The molecule has 0 fully saturated rings. The van der Waals surface area contributed by atoms with Gasteiger partial charge in [-0.3, -0.25) is 0 Å². The summed E-state index contributed by atoms with van der Waals surface area (Å²) in [5.41, 5.74) is 1.81. The minimum absolute atomic E-state index is 0.469. The Kier molecular flexibility index (Phi) is 5.13. The van der Waals surface area contributed by atoms with Crippen molar-refractivity contribution in [3.63, 3.8) is 0 Å². The van der Waals surface area contributed by atoms with Gasteiger partial charge in [-0.25, -0.2) is 0 Å². The molecule has 0 unspecified atom stereocenters. The zero-order chi connectivity index (χ0) is 20.0. The maximum absolute atomic E-state index is 12.4. The first kappa shape index (κ1) is 19.9. The number of fused-ring (bicyclic) bond motifs is 2. The van der Waals surface area contributed by atoms with Gasteiger partial charge in [-0.15, -0.1) is 6.58 Å². The molecular weight excluding hydrogens is 348 g/mol. The third-order valence-electron chi connectivity index (χ3n) is 6.60. The molecule has 0 amide bonds. The molecule has 2 aromatic rings. The molecule has 0 aromatic heterocycles. The Labute approximate surface area is 164 Å². The van der Waals surface area contributed by atoms with Crippen LogP contribution in [-0.4, -0.2) is 13.2 Å². The Morgan fingerprint density at radius 2 is 1.19 bits per heavy atom. The predicted molar refractivity (Wildman–Crippen MR) is 116 cm³/mol. The summed E-state index contributed by atoms with van der Waals surface area (Å²) in [5.74, 6) is 1.44. The fraction of sp³-hybridized carbons (Fsp3) is 0.417. The molecular formula is C24H32O2Si. The molecule has 0 bridgehead atoms. The van der Waals surface area contributed by atoms with Crippen molar-refractivity contribution in [2.75, 3.05) is 0 Å². The number of aliphatic hydroxyl groups is 1. The van der Waals surface area contributed by atoms with Crippen molar-refractivity contribution < 1.29 is 9.84 Å². The quantitative estimate of drug-likeness (QED) is 0.578. The average molecular weight is 381 g/mol. The van der Waals surface area contributed by atoms with Crippen LogP contribution < -0.4 is 4.74 Å². The van der Waals surface area contributed by atoms with Crippen molar-refractivity contribution in [3.05, 3.63) is 71.4 Å². The molecule has 0 atom stereocenters. The zero-order valence-electron chi connectivity index (χ0n) is 17.4. The molecule has 3 rings (SSSR count). The van der Waals surface area contributed by atoms with Crippen LogP contribution in [0.15, 0.2) is 60.3 Å². The van der Waals surface area contributed by atoms with E-state index in [9.17, 15) is 5.11 Å². The van der Waals surface area contributed by atoms with Gasteiger partial charge in [-0.05, 0) is 34.0 Å². The van der Waals surface area contributed by atoms with Crippen LogP contribution in [0.25, 0.3) is 0 Å². The Bertz CT molecular complexity index is 784. The highest BCUT2D eigenvalue weighted by molar-refractivity contribution is 6.90. The monoisotopic (exact) mass is 380 g/mol. The third-order valence-corrected chi connectivity index (χ3v) is 13.7. The second-order valence-corrected chi connectivity index (χ2v) is 14.6. The molecule has 2 aromatic carbocycles. The molecule has 0 spiro atoms. The largest absolute Gasteiger partial charge is 0.457 e. The molecule has 27 heavy (non-hydrogen) atoms. The van der Waals surface area contributed by atoms with Gasteiger partial charge in [-0.2, -0.15) is 0 Å². The highest BCUT2D eigenvalue weighted by atomic mass is 28.3. The number of hydrogen-bond acceptors (Lipinski definition) is 2. The summed E-state index contributed by atoms with van der Waals surface area (Å²) in [6.45, 7) is 18.5. The predicted octanol–water partition coefficient (Wildman–Crippen LogP) is 6.80. The van der Waals surface area contributed by atoms with Crippen molar-refractivity contribution in [1.29, 1.82) is 0 Å². The first-order chi connectivity index (χ1) is 12.7. The Morgan fingerprint density at radius 1 is 0.815 bits per heavy atom. The van der Waals surface area contributed by atoms with Gasteiger partial charge in [0.15, 0.2) is 0 Å². The normalized spacial score (nSPS) is 15.5. The molecule has 1 aliphatic rings. The Morgan fingerprint density at radius 3 is 1.56 bits per heavy atom. The van der Waals surface area contributed by atoms with Gasteiger partial charge in [0.2, 0.25) is 0 Å². The molecule has 1 N–H and O–H groups in total. The van der Waals surface area contributed by atoms with Crippen LogP contribution in [0.2, 0.25) is 16.6 Å². The van der Waals surface area contributed by atoms with E-state index in [1.165, 1.54) is 0 Å². The maximum atomic E-state index is 12.4. The number of hydrogen-bond donors (Lipinski definition) is 1. The summed E-state index contributed by atoms with van der Waals surface area (Å²) in [7, 11) is -2.13. The summed E-state index contributed by atoms with van der Waals surface area (Å²) in [4.78, 5) is 0. The van der Waals surface area contributed by atoms with Crippen LogP contribution in [0.5, 0.6) is 11.5 Å². The Balaban J connectivity index is 2.33. The first-order valence-electron chi connectivity index (χ1n) is 9.97. The second-order valence-electron chi connectivity index (χ2n) is 8.68. The number of ether oxygens (including phenoxy) is 1. The van der Waals surface area contributed by atoms with Gasteiger partial charge < -0.3 is 9.84 Å². The highest BCUT2D eigenvalue weighted by Crippen LogP contribution is 2.57. The zero-order valence-corrected chi connectivity index (χ0v) is 18.4. The van der Waals surface area contributed by atoms with Crippen molar-refractivity contribution in [2.45, 2.75) is 63.8 Å². The van der Waals surface area contributed by atoms with Gasteiger partial charge >= 0.3 is 0 Å². The summed E-state index contributed by atoms with van der Waals surface area (Å²) in [6, 6.07) is 15.7. The van der Waals surface area contributed by atoms with Crippen LogP contribution in [0.4, 0.5) is 0 Å². The highest BCUT2D eigenvalue weighted by Gasteiger charge is 2.55. The van der Waals surface area contributed by atoms with E-state index in [-0.39, 0.29) is 0 Å².